The predicted molar refractivity (Wildman–Crippen MR) is 52.4 cm³/mol. The molecule has 2 aliphatic rings. The summed E-state index contributed by atoms with van der Waals surface area (Å²) in [6.45, 7) is 3.16. The molecule has 15 heavy (non-hydrogen) atoms. The van der Waals surface area contributed by atoms with E-state index in [2.05, 4.69) is 10.1 Å². The van der Waals surface area contributed by atoms with Crippen LogP contribution >= 0.6 is 0 Å². The lowest BCUT2D eigenvalue weighted by Crippen LogP contribution is -2.42. The fourth-order valence-electron chi connectivity index (χ4n) is 1.88. The molecule has 2 unspecified atom stereocenters. The van der Waals surface area contributed by atoms with E-state index < -0.39 is 0 Å². The first-order valence-corrected chi connectivity index (χ1v) is 5.37. The Kier molecular flexibility index (Phi) is 1.87. The lowest BCUT2D eigenvalue weighted by atomic mass is 9.86. The van der Waals surface area contributed by atoms with E-state index in [9.17, 15) is 0 Å². The normalized spacial score (nSPS) is 36.0. The summed E-state index contributed by atoms with van der Waals surface area (Å²) >= 11 is 0. The van der Waals surface area contributed by atoms with Crippen molar-refractivity contribution in [2.24, 2.45) is 5.73 Å². The maximum atomic E-state index is 5.99. The summed E-state index contributed by atoms with van der Waals surface area (Å²) in [6.07, 6.45) is 2.36. The van der Waals surface area contributed by atoms with Crippen molar-refractivity contribution >= 4 is 0 Å². The standard InChI is InChI=1S/C10H15N3O2/c1-10(5-14-4-7(10)11)9-12-8(13-15-9)6-2-3-6/h6-7H,2-5,11H2,1H3. The maximum absolute atomic E-state index is 5.99. The van der Waals surface area contributed by atoms with E-state index in [0.717, 1.165) is 5.82 Å². The third kappa shape index (κ3) is 1.38. The molecule has 0 amide bonds. The summed E-state index contributed by atoms with van der Waals surface area (Å²) in [5, 5.41) is 4.01. The van der Waals surface area contributed by atoms with Gasteiger partial charge in [-0.15, -0.1) is 0 Å². The van der Waals surface area contributed by atoms with Crippen LogP contribution in [0.2, 0.25) is 0 Å². The van der Waals surface area contributed by atoms with E-state index in [1.54, 1.807) is 0 Å². The largest absolute Gasteiger partial charge is 0.379 e. The molecule has 1 saturated heterocycles. The Balaban J connectivity index is 1.90. The number of aromatic nitrogens is 2. The van der Waals surface area contributed by atoms with E-state index in [4.69, 9.17) is 15.0 Å². The Labute approximate surface area is 88.0 Å². The van der Waals surface area contributed by atoms with Gasteiger partial charge in [-0.05, 0) is 19.8 Å². The molecule has 0 spiro atoms. The topological polar surface area (TPSA) is 74.2 Å². The smallest absolute Gasteiger partial charge is 0.236 e. The van der Waals surface area contributed by atoms with Gasteiger partial charge in [-0.1, -0.05) is 5.16 Å². The maximum Gasteiger partial charge on any atom is 0.236 e. The van der Waals surface area contributed by atoms with Crippen molar-refractivity contribution < 1.29 is 9.26 Å². The number of rotatable bonds is 2. The monoisotopic (exact) mass is 209 g/mol. The zero-order chi connectivity index (χ0) is 10.5. The number of hydrogen-bond acceptors (Lipinski definition) is 5. The van der Waals surface area contributed by atoms with E-state index in [1.165, 1.54) is 12.8 Å². The van der Waals surface area contributed by atoms with Gasteiger partial charge in [0, 0.05) is 12.0 Å². The van der Waals surface area contributed by atoms with Crippen LogP contribution in [-0.2, 0) is 10.2 Å². The minimum absolute atomic E-state index is 0.0509. The zero-order valence-corrected chi connectivity index (χ0v) is 8.77. The minimum Gasteiger partial charge on any atom is -0.379 e. The molecule has 82 valence electrons. The predicted octanol–water partition coefficient (Wildman–Crippen LogP) is 0.562. The Morgan fingerprint density at radius 3 is 2.87 bits per heavy atom. The number of ether oxygens (including phenoxy) is 1. The van der Waals surface area contributed by atoms with E-state index >= 15 is 0 Å². The summed E-state index contributed by atoms with van der Waals surface area (Å²) in [4.78, 5) is 4.44. The highest BCUT2D eigenvalue weighted by Crippen LogP contribution is 2.39. The Morgan fingerprint density at radius 2 is 2.27 bits per heavy atom. The SMILES string of the molecule is CC1(c2nc(C3CC3)no2)COCC1N. The first-order valence-electron chi connectivity index (χ1n) is 5.37. The quantitative estimate of drug-likeness (QED) is 0.770. The first kappa shape index (κ1) is 9.30. The van der Waals surface area contributed by atoms with Gasteiger partial charge in [0.2, 0.25) is 5.89 Å². The van der Waals surface area contributed by atoms with Gasteiger partial charge in [0.05, 0.1) is 18.6 Å². The van der Waals surface area contributed by atoms with Crippen LogP contribution in [0, 0.1) is 0 Å². The van der Waals surface area contributed by atoms with Crippen LogP contribution < -0.4 is 5.73 Å². The van der Waals surface area contributed by atoms with Gasteiger partial charge in [0.15, 0.2) is 5.82 Å². The summed E-state index contributed by atoms with van der Waals surface area (Å²) in [5.74, 6) is 1.99. The highest BCUT2D eigenvalue weighted by molar-refractivity contribution is 5.14. The van der Waals surface area contributed by atoms with Crippen molar-refractivity contribution in [1.29, 1.82) is 0 Å². The molecule has 0 aromatic carbocycles. The number of nitrogens with zero attached hydrogens (tertiary/aromatic N) is 2. The third-order valence-corrected chi connectivity index (χ3v) is 3.39. The van der Waals surface area contributed by atoms with Crippen molar-refractivity contribution in [3.05, 3.63) is 11.7 Å². The van der Waals surface area contributed by atoms with Crippen molar-refractivity contribution in [3.63, 3.8) is 0 Å². The lowest BCUT2D eigenvalue weighted by molar-refractivity contribution is 0.169. The average molecular weight is 209 g/mol. The van der Waals surface area contributed by atoms with Crippen LogP contribution in [0.4, 0.5) is 0 Å². The molecule has 2 fully saturated rings. The van der Waals surface area contributed by atoms with Gasteiger partial charge < -0.3 is 15.0 Å². The minimum atomic E-state index is -0.305. The second-order valence-corrected chi connectivity index (χ2v) is 4.77. The third-order valence-electron chi connectivity index (χ3n) is 3.39. The van der Waals surface area contributed by atoms with Crippen LogP contribution in [0.3, 0.4) is 0 Å². The molecule has 0 bridgehead atoms. The fraction of sp³-hybridized carbons (Fsp3) is 0.800. The average Bonchev–Trinajstić information content (AvgIpc) is 2.85. The summed E-state index contributed by atoms with van der Waals surface area (Å²) in [7, 11) is 0. The molecule has 1 aliphatic carbocycles. The van der Waals surface area contributed by atoms with Crippen molar-refractivity contribution in [2.75, 3.05) is 13.2 Å². The van der Waals surface area contributed by atoms with E-state index in [1.807, 2.05) is 6.92 Å². The Morgan fingerprint density at radius 1 is 1.47 bits per heavy atom. The molecule has 2 N–H and O–H groups in total. The number of hydrogen-bond donors (Lipinski definition) is 1. The van der Waals surface area contributed by atoms with Crippen molar-refractivity contribution in [2.45, 2.75) is 37.1 Å². The second-order valence-electron chi connectivity index (χ2n) is 4.77. The Bertz CT molecular complexity index is 374. The molecule has 1 aromatic heterocycles. The van der Waals surface area contributed by atoms with Gasteiger partial charge in [-0.25, -0.2) is 0 Å². The zero-order valence-electron chi connectivity index (χ0n) is 8.77. The molecule has 0 radical (unpaired) electrons. The van der Waals surface area contributed by atoms with Crippen molar-refractivity contribution in [1.82, 2.24) is 10.1 Å². The van der Waals surface area contributed by atoms with Crippen LogP contribution in [0.5, 0.6) is 0 Å². The van der Waals surface area contributed by atoms with Crippen LogP contribution in [0.25, 0.3) is 0 Å². The molecule has 1 aliphatic heterocycles. The molecular formula is C10H15N3O2. The lowest BCUT2D eigenvalue weighted by Gasteiger charge is -2.21. The van der Waals surface area contributed by atoms with Crippen LogP contribution in [0.15, 0.2) is 4.52 Å². The molecular weight excluding hydrogens is 194 g/mol. The summed E-state index contributed by atoms with van der Waals surface area (Å²) in [5.41, 5.74) is 5.69. The van der Waals surface area contributed by atoms with Gasteiger partial charge in [0.25, 0.3) is 0 Å². The molecule has 5 nitrogen and oxygen atoms in total. The molecule has 1 aromatic rings. The molecule has 5 heteroatoms. The highest BCUT2D eigenvalue weighted by atomic mass is 16.5. The van der Waals surface area contributed by atoms with Gasteiger partial charge in [-0.2, -0.15) is 4.98 Å². The van der Waals surface area contributed by atoms with Gasteiger partial charge >= 0.3 is 0 Å². The molecule has 2 heterocycles. The van der Waals surface area contributed by atoms with Crippen molar-refractivity contribution in [3.8, 4) is 0 Å². The van der Waals surface area contributed by atoms with Crippen LogP contribution in [0.1, 0.15) is 37.4 Å². The molecule has 3 rings (SSSR count). The van der Waals surface area contributed by atoms with Gasteiger partial charge in [-0.3, -0.25) is 0 Å². The fourth-order valence-corrected chi connectivity index (χ4v) is 1.88. The molecule has 1 saturated carbocycles. The molecule has 2 atom stereocenters. The van der Waals surface area contributed by atoms with E-state index in [-0.39, 0.29) is 11.5 Å². The summed E-state index contributed by atoms with van der Waals surface area (Å²) in [6, 6.07) is -0.0509. The van der Waals surface area contributed by atoms with E-state index in [0.29, 0.717) is 25.0 Å². The Hall–Kier alpha value is -0.940. The highest BCUT2D eigenvalue weighted by Gasteiger charge is 2.44. The van der Waals surface area contributed by atoms with Gasteiger partial charge in [0.1, 0.15) is 0 Å². The van der Waals surface area contributed by atoms with Crippen LogP contribution in [-0.4, -0.2) is 29.4 Å². The number of nitrogens with two attached hydrogens (primary N) is 1. The summed E-state index contributed by atoms with van der Waals surface area (Å²) < 4.78 is 10.7. The first-order chi connectivity index (χ1) is 7.20. The second kappa shape index (κ2) is 3.02.